The van der Waals surface area contributed by atoms with Gasteiger partial charge in [0.2, 0.25) is 0 Å². The third-order valence-electron chi connectivity index (χ3n) is 4.28. The summed E-state index contributed by atoms with van der Waals surface area (Å²) < 4.78 is 59.4. The molecule has 1 heterocycles. The quantitative estimate of drug-likeness (QED) is 0.566. The third-order valence-corrected chi connectivity index (χ3v) is 5.80. The summed E-state index contributed by atoms with van der Waals surface area (Å²) in [7, 11) is -3.97. The van der Waals surface area contributed by atoms with E-state index < -0.39 is 29.1 Å². The zero-order valence-electron chi connectivity index (χ0n) is 16.2. The highest BCUT2D eigenvalue weighted by Gasteiger charge is 2.21. The van der Waals surface area contributed by atoms with Crippen LogP contribution in [0.3, 0.4) is 0 Å². The van der Waals surface area contributed by atoms with Gasteiger partial charge in [-0.2, -0.15) is 8.78 Å². The molecular formula is C20H19F2N3O4S. The molecule has 1 aromatic heterocycles. The first-order valence-corrected chi connectivity index (χ1v) is 10.3. The van der Waals surface area contributed by atoms with Gasteiger partial charge in [0, 0.05) is 18.1 Å². The van der Waals surface area contributed by atoms with Crippen molar-refractivity contribution in [1.82, 2.24) is 9.55 Å². The Hall–Kier alpha value is -3.27. The number of sulfonamides is 1. The van der Waals surface area contributed by atoms with Crippen molar-refractivity contribution in [2.75, 3.05) is 4.72 Å². The van der Waals surface area contributed by atoms with Crippen molar-refractivity contribution in [2.45, 2.75) is 31.9 Å². The maximum atomic E-state index is 12.8. The standard InChI is InChI=1S/C20H19F2N3O4S/c1-13-4-3-5-16(10-13)24-30(27,28)17-11-15(7-6-14(17)2)19(26)29-12-18-23-8-9-25(18)20(21)22/h3-11,20,24H,12H2,1-2H3. The van der Waals surface area contributed by atoms with E-state index in [-0.39, 0.29) is 16.3 Å². The van der Waals surface area contributed by atoms with Crippen molar-refractivity contribution in [3.63, 3.8) is 0 Å². The summed E-state index contributed by atoms with van der Waals surface area (Å²) in [6.07, 6.45) is 2.24. The van der Waals surface area contributed by atoms with Crippen LogP contribution in [0.1, 0.15) is 33.9 Å². The highest BCUT2D eigenvalue weighted by Crippen LogP contribution is 2.22. The first-order chi connectivity index (χ1) is 14.2. The number of imidazole rings is 1. The van der Waals surface area contributed by atoms with Crippen LogP contribution in [0.2, 0.25) is 0 Å². The number of ether oxygens (including phenoxy) is 1. The SMILES string of the molecule is Cc1cccc(NS(=O)(=O)c2cc(C(=O)OCc3nccn3C(F)F)ccc2C)c1. The van der Waals surface area contributed by atoms with Gasteiger partial charge in [0.25, 0.3) is 10.0 Å². The molecule has 3 rings (SSSR count). The van der Waals surface area contributed by atoms with Gasteiger partial charge in [-0.15, -0.1) is 0 Å². The van der Waals surface area contributed by atoms with E-state index in [0.717, 1.165) is 11.8 Å². The van der Waals surface area contributed by atoms with Gasteiger partial charge >= 0.3 is 12.5 Å². The molecule has 158 valence electrons. The number of anilines is 1. The molecule has 0 saturated carbocycles. The van der Waals surface area contributed by atoms with E-state index in [1.165, 1.54) is 24.4 Å². The van der Waals surface area contributed by atoms with Gasteiger partial charge in [-0.25, -0.2) is 18.2 Å². The fourth-order valence-electron chi connectivity index (χ4n) is 2.78. The van der Waals surface area contributed by atoms with E-state index in [0.29, 0.717) is 15.8 Å². The molecule has 0 aliphatic rings. The van der Waals surface area contributed by atoms with Gasteiger partial charge < -0.3 is 4.74 Å². The largest absolute Gasteiger partial charge is 0.454 e. The molecule has 0 spiro atoms. The summed E-state index contributed by atoms with van der Waals surface area (Å²) in [5.41, 5.74) is 1.67. The minimum atomic E-state index is -3.97. The van der Waals surface area contributed by atoms with Crippen LogP contribution >= 0.6 is 0 Å². The number of hydrogen-bond donors (Lipinski definition) is 1. The minimum absolute atomic E-state index is 0.0274. The van der Waals surface area contributed by atoms with E-state index in [4.69, 9.17) is 4.74 Å². The van der Waals surface area contributed by atoms with E-state index in [1.807, 2.05) is 13.0 Å². The summed E-state index contributed by atoms with van der Waals surface area (Å²) in [4.78, 5) is 16.0. The second-order valence-electron chi connectivity index (χ2n) is 6.56. The van der Waals surface area contributed by atoms with E-state index in [2.05, 4.69) is 9.71 Å². The minimum Gasteiger partial charge on any atom is -0.454 e. The second-order valence-corrected chi connectivity index (χ2v) is 8.21. The molecule has 0 aliphatic carbocycles. The van der Waals surface area contributed by atoms with Crippen LogP contribution in [-0.2, 0) is 21.4 Å². The Morgan fingerprint density at radius 2 is 1.97 bits per heavy atom. The average molecular weight is 435 g/mol. The highest BCUT2D eigenvalue weighted by molar-refractivity contribution is 7.92. The number of benzene rings is 2. The summed E-state index contributed by atoms with van der Waals surface area (Å²) >= 11 is 0. The molecule has 0 unspecified atom stereocenters. The number of halogens is 2. The average Bonchev–Trinajstić information content (AvgIpc) is 3.15. The molecular weight excluding hydrogens is 416 g/mol. The molecule has 3 aromatic rings. The van der Waals surface area contributed by atoms with Crippen molar-refractivity contribution in [3.05, 3.63) is 77.4 Å². The Labute approximate surface area is 172 Å². The number of rotatable bonds is 7. The number of carbonyl (C=O) groups excluding carboxylic acids is 1. The van der Waals surface area contributed by atoms with Gasteiger partial charge in [-0.05, 0) is 49.2 Å². The molecule has 7 nitrogen and oxygen atoms in total. The molecule has 0 fully saturated rings. The molecule has 0 saturated heterocycles. The van der Waals surface area contributed by atoms with Gasteiger partial charge in [-0.1, -0.05) is 18.2 Å². The number of hydrogen-bond acceptors (Lipinski definition) is 5. The zero-order valence-corrected chi connectivity index (χ0v) is 17.0. The normalized spacial score (nSPS) is 11.5. The predicted molar refractivity (Wildman–Crippen MR) is 106 cm³/mol. The Morgan fingerprint density at radius 3 is 2.67 bits per heavy atom. The first kappa shape index (κ1) is 21.4. The number of esters is 1. The summed E-state index contributed by atoms with van der Waals surface area (Å²) in [6.45, 7) is 0.136. The van der Waals surface area contributed by atoms with Crippen LogP contribution in [0.15, 0.2) is 59.8 Å². The molecule has 0 atom stereocenters. The Kier molecular flexibility index (Phi) is 6.16. The number of aryl methyl sites for hydroxylation is 2. The smallest absolute Gasteiger partial charge is 0.338 e. The van der Waals surface area contributed by atoms with Crippen LogP contribution < -0.4 is 4.72 Å². The van der Waals surface area contributed by atoms with Crippen molar-refractivity contribution in [3.8, 4) is 0 Å². The fourth-order valence-corrected chi connectivity index (χ4v) is 4.10. The maximum Gasteiger partial charge on any atom is 0.338 e. The molecule has 10 heteroatoms. The van der Waals surface area contributed by atoms with Crippen molar-refractivity contribution < 1.29 is 26.7 Å². The number of carbonyl (C=O) groups is 1. The van der Waals surface area contributed by atoms with E-state index in [1.54, 1.807) is 25.1 Å². The zero-order chi connectivity index (χ0) is 21.9. The number of nitrogens with zero attached hydrogens (tertiary/aromatic N) is 2. The Balaban J connectivity index is 1.80. The molecule has 0 radical (unpaired) electrons. The third kappa shape index (κ3) is 4.82. The Bertz CT molecular complexity index is 1180. The van der Waals surface area contributed by atoms with E-state index >= 15 is 0 Å². The van der Waals surface area contributed by atoms with Crippen LogP contribution in [0.25, 0.3) is 0 Å². The lowest BCUT2D eigenvalue weighted by Gasteiger charge is -2.12. The first-order valence-electron chi connectivity index (χ1n) is 8.84. The number of nitrogens with one attached hydrogen (secondary N) is 1. The lowest BCUT2D eigenvalue weighted by molar-refractivity contribution is 0.0376. The van der Waals surface area contributed by atoms with Gasteiger partial charge in [-0.3, -0.25) is 9.29 Å². The predicted octanol–water partition coefficient (Wildman–Crippen LogP) is 4.05. The summed E-state index contributed by atoms with van der Waals surface area (Å²) in [5, 5.41) is 0. The number of alkyl halides is 2. The van der Waals surface area contributed by atoms with Crippen LogP contribution in [0.4, 0.5) is 14.5 Å². The second kappa shape index (κ2) is 8.62. The van der Waals surface area contributed by atoms with Crippen LogP contribution in [0, 0.1) is 13.8 Å². The lowest BCUT2D eigenvalue weighted by atomic mass is 10.1. The van der Waals surface area contributed by atoms with Crippen LogP contribution in [-0.4, -0.2) is 23.9 Å². The van der Waals surface area contributed by atoms with Gasteiger partial charge in [0.15, 0.2) is 5.82 Å². The Morgan fingerprint density at radius 1 is 1.20 bits per heavy atom. The van der Waals surface area contributed by atoms with Crippen LogP contribution in [0.5, 0.6) is 0 Å². The van der Waals surface area contributed by atoms with Gasteiger partial charge in [0.1, 0.15) is 6.61 Å². The molecule has 0 aliphatic heterocycles. The summed E-state index contributed by atoms with van der Waals surface area (Å²) in [5.74, 6) is -0.981. The molecule has 2 aromatic carbocycles. The van der Waals surface area contributed by atoms with Crippen molar-refractivity contribution in [2.24, 2.45) is 0 Å². The topological polar surface area (TPSA) is 90.3 Å². The molecule has 0 amide bonds. The maximum absolute atomic E-state index is 12.8. The summed E-state index contributed by atoms with van der Waals surface area (Å²) in [6, 6.07) is 10.9. The molecule has 1 N–H and O–H groups in total. The van der Waals surface area contributed by atoms with Gasteiger partial charge in [0.05, 0.1) is 10.5 Å². The monoisotopic (exact) mass is 435 g/mol. The highest BCUT2D eigenvalue weighted by atomic mass is 32.2. The lowest BCUT2D eigenvalue weighted by Crippen LogP contribution is -2.16. The van der Waals surface area contributed by atoms with E-state index in [9.17, 15) is 22.0 Å². The van der Waals surface area contributed by atoms with Crippen molar-refractivity contribution >= 4 is 21.7 Å². The van der Waals surface area contributed by atoms with Crippen molar-refractivity contribution in [1.29, 1.82) is 0 Å². The molecule has 30 heavy (non-hydrogen) atoms. The molecule has 0 bridgehead atoms. The number of aromatic nitrogens is 2. The fraction of sp³-hybridized carbons (Fsp3) is 0.200.